The summed E-state index contributed by atoms with van der Waals surface area (Å²) in [6.45, 7) is 1.59. The predicted octanol–water partition coefficient (Wildman–Crippen LogP) is 5.38. The number of para-hydroxylation sites is 1. The van der Waals surface area contributed by atoms with Crippen LogP contribution in [0.1, 0.15) is 53.5 Å². The number of likely N-dealkylation sites (tertiary alicyclic amines) is 1. The first-order valence-electron chi connectivity index (χ1n) is 13.0. The molecule has 3 heterocycles. The van der Waals surface area contributed by atoms with Crippen molar-refractivity contribution in [2.45, 2.75) is 44.1 Å². The van der Waals surface area contributed by atoms with Crippen LogP contribution in [0.2, 0.25) is 0 Å². The summed E-state index contributed by atoms with van der Waals surface area (Å²) in [7, 11) is 0. The molecule has 0 spiro atoms. The fraction of sp³-hybridized carbons (Fsp3) is 0.393. The molecule has 0 bridgehead atoms. The second-order valence-electron chi connectivity index (χ2n) is 9.68. The Morgan fingerprint density at radius 3 is 2.76 bits per heavy atom. The van der Waals surface area contributed by atoms with Crippen LogP contribution in [0.3, 0.4) is 0 Å². The number of piperidine rings is 1. The molecule has 3 aliphatic rings. The molecular formula is C28H28FN3O5S. The largest absolute Gasteiger partial charge is 0.486 e. The zero-order valence-electron chi connectivity index (χ0n) is 20.8. The highest BCUT2D eigenvalue weighted by atomic mass is 32.1. The second-order valence-corrected chi connectivity index (χ2v) is 10.7. The molecule has 0 radical (unpaired) electrons. The Bertz CT molecular complexity index is 1360. The van der Waals surface area contributed by atoms with Crippen LogP contribution in [-0.4, -0.2) is 54.2 Å². The lowest BCUT2D eigenvalue weighted by Crippen LogP contribution is -2.50. The molecule has 1 saturated carbocycles. The van der Waals surface area contributed by atoms with Crippen molar-refractivity contribution in [1.82, 2.24) is 15.2 Å². The molecule has 1 aromatic heterocycles. The van der Waals surface area contributed by atoms with Gasteiger partial charge in [0.15, 0.2) is 11.5 Å². The monoisotopic (exact) mass is 537 g/mol. The van der Waals surface area contributed by atoms with Crippen LogP contribution in [0, 0.1) is 5.82 Å². The molecular weight excluding hydrogens is 509 g/mol. The third-order valence-corrected chi connectivity index (χ3v) is 8.25. The molecule has 8 nitrogen and oxygen atoms in total. The van der Waals surface area contributed by atoms with E-state index in [4.69, 9.17) is 19.2 Å². The number of fused-ring (bicyclic) bond motifs is 1. The number of nitrogens with one attached hydrogen (secondary N) is 1. The minimum atomic E-state index is -0.637. The van der Waals surface area contributed by atoms with Gasteiger partial charge in [0.2, 0.25) is 5.75 Å². The number of rotatable bonds is 6. The fourth-order valence-electron chi connectivity index (χ4n) is 4.90. The van der Waals surface area contributed by atoms with Crippen LogP contribution in [0.4, 0.5) is 9.18 Å². The molecule has 2 amide bonds. The van der Waals surface area contributed by atoms with E-state index in [1.807, 2.05) is 0 Å². The molecule has 198 valence electrons. The van der Waals surface area contributed by atoms with E-state index >= 15 is 0 Å². The van der Waals surface area contributed by atoms with Crippen molar-refractivity contribution < 1.29 is 28.2 Å². The Balaban J connectivity index is 1.18. The van der Waals surface area contributed by atoms with Gasteiger partial charge in [0, 0.05) is 30.6 Å². The lowest BCUT2D eigenvalue weighted by Gasteiger charge is -2.35. The lowest BCUT2D eigenvalue weighted by molar-refractivity contribution is 0.0607. The fourth-order valence-corrected chi connectivity index (χ4v) is 6.15. The summed E-state index contributed by atoms with van der Waals surface area (Å²) in [5.41, 5.74) is 0.692. The van der Waals surface area contributed by atoms with Gasteiger partial charge in [0.05, 0.1) is 9.88 Å². The quantitative estimate of drug-likeness (QED) is 0.454. The molecule has 2 fully saturated rings. The number of benzene rings is 2. The summed E-state index contributed by atoms with van der Waals surface area (Å²) in [6.07, 6.45) is 3.97. The first kappa shape index (κ1) is 24.7. The number of nitrogens with zero attached hydrogens (tertiary/aromatic N) is 2. The molecule has 1 saturated heterocycles. The number of hydrogen-bond acceptors (Lipinski definition) is 7. The number of carbonyl (C=O) groups is 2. The number of halogens is 1. The maximum Gasteiger partial charge on any atom is 0.412 e. The number of hydrogen-bond donors (Lipinski definition) is 1. The standard InChI is InChI=1S/C28H28FN3O5S/c29-20-8-2-1-7-19(20)25-23(31-26(38-25)17-11-12-17)27(33)32-13-4-3-6-18(32)16-30-28(34)37-22-10-5-9-21-24(22)36-15-14-35-21/h1-2,5,7-10,17-18H,3-4,6,11-16H2,(H,30,34)/t18-/m0/s1. The van der Waals surface area contributed by atoms with Crippen molar-refractivity contribution in [2.75, 3.05) is 26.3 Å². The van der Waals surface area contributed by atoms with Gasteiger partial charge < -0.3 is 24.4 Å². The summed E-state index contributed by atoms with van der Waals surface area (Å²) in [6, 6.07) is 11.4. The predicted molar refractivity (Wildman–Crippen MR) is 140 cm³/mol. The van der Waals surface area contributed by atoms with Gasteiger partial charge in [-0.05, 0) is 50.3 Å². The van der Waals surface area contributed by atoms with Crippen LogP contribution < -0.4 is 19.5 Å². The highest BCUT2D eigenvalue weighted by Crippen LogP contribution is 2.45. The van der Waals surface area contributed by atoms with Crippen LogP contribution in [0.15, 0.2) is 42.5 Å². The first-order valence-corrected chi connectivity index (χ1v) is 13.8. The van der Waals surface area contributed by atoms with Crippen molar-refractivity contribution in [3.63, 3.8) is 0 Å². The van der Waals surface area contributed by atoms with Gasteiger partial charge in [-0.25, -0.2) is 14.2 Å². The number of ether oxygens (including phenoxy) is 3. The SMILES string of the molecule is O=C(NC[C@@H]1CCCCN1C(=O)c1nc(C2CC2)sc1-c1ccccc1F)Oc1cccc2c1OCCO2. The third kappa shape index (κ3) is 5.05. The molecule has 0 unspecified atom stereocenters. The van der Waals surface area contributed by atoms with E-state index in [-0.39, 0.29) is 30.1 Å². The van der Waals surface area contributed by atoms with Crippen molar-refractivity contribution in [3.05, 3.63) is 59.0 Å². The van der Waals surface area contributed by atoms with E-state index < -0.39 is 6.09 Å². The zero-order chi connectivity index (χ0) is 26.1. The average molecular weight is 538 g/mol. The highest BCUT2D eigenvalue weighted by Gasteiger charge is 2.35. The minimum absolute atomic E-state index is 0.228. The van der Waals surface area contributed by atoms with E-state index in [1.165, 1.54) is 17.4 Å². The topological polar surface area (TPSA) is 90.0 Å². The first-order chi connectivity index (χ1) is 18.6. The van der Waals surface area contributed by atoms with Gasteiger partial charge in [-0.1, -0.05) is 24.3 Å². The number of amides is 2. The molecule has 2 aromatic carbocycles. The summed E-state index contributed by atoms with van der Waals surface area (Å²) in [4.78, 5) is 33.6. The van der Waals surface area contributed by atoms with Crippen LogP contribution in [0.5, 0.6) is 17.2 Å². The van der Waals surface area contributed by atoms with Crippen molar-refractivity contribution in [1.29, 1.82) is 0 Å². The Morgan fingerprint density at radius 2 is 1.92 bits per heavy atom. The Hall–Kier alpha value is -3.66. The van der Waals surface area contributed by atoms with Crippen LogP contribution in [-0.2, 0) is 0 Å². The van der Waals surface area contributed by atoms with Gasteiger partial charge >= 0.3 is 6.09 Å². The highest BCUT2D eigenvalue weighted by molar-refractivity contribution is 7.15. The van der Waals surface area contributed by atoms with Crippen molar-refractivity contribution in [2.24, 2.45) is 0 Å². The molecule has 10 heteroatoms. The molecule has 38 heavy (non-hydrogen) atoms. The summed E-state index contributed by atoms with van der Waals surface area (Å²) < 4.78 is 31.4. The lowest BCUT2D eigenvalue weighted by atomic mass is 10.0. The smallest absolute Gasteiger partial charge is 0.412 e. The third-order valence-electron chi connectivity index (χ3n) is 6.99. The van der Waals surface area contributed by atoms with E-state index in [0.29, 0.717) is 53.3 Å². The summed E-state index contributed by atoms with van der Waals surface area (Å²) >= 11 is 1.41. The maximum atomic E-state index is 14.7. The van der Waals surface area contributed by atoms with Gasteiger partial charge in [0.1, 0.15) is 24.7 Å². The van der Waals surface area contributed by atoms with E-state index in [1.54, 1.807) is 41.3 Å². The Labute approximate surface area is 223 Å². The van der Waals surface area contributed by atoms with Crippen molar-refractivity contribution in [3.8, 4) is 27.7 Å². The van der Waals surface area contributed by atoms with Gasteiger partial charge in [-0.3, -0.25) is 4.79 Å². The second kappa shape index (κ2) is 10.6. The Kier molecular flexibility index (Phi) is 6.88. The number of aromatic nitrogens is 1. The number of carbonyl (C=O) groups excluding carboxylic acids is 2. The van der Waals surface area contributed by atoms with Gasteiger partial charge in [-0.15, -0.1) is 11.3 Å². The van der Waals surface area contributed by atoms with Crippen LogP contribution >= 0.6 is 11.3 Å². The van der Waals surface area contributed by atoms with Crippen molar-refractivity contribution >= 4 is 23.3 Å². The molecule has 3 aromatic rings. The van der Waals surface area contributed by atoms with E-state index in [9.17, 15) is 14.0 Å². The summed E-state index contributed by atoms with van der Waals surface area (Å²) in [5.74, 6) is 0.961. The Morgan fingerprint density at radius 1 is 1.08 bits per heavy atom. The maximum absolute atomic E-state index is 14.7. The number of thiazole rings is 1. The molecule has 6 rings (SSSR count). The minimum Gasteiger partial charge on any atom is -0.486 e. The van der Waals surface area contributed by atoms with Gasteiger partial charge in [0.25, 0.3) is 5.91 Å². The van der Waals surface area contributed by atoms with E-state index in [2.05, 4.69) is 5.32 Å². The summed E-state index contributed by atoms with van der Waals surface area (Å²) in [5, 5.41) is 3.69. The molecule has 1 aliphatic carbocycles. The van der Waals surface area contributed by atoms with Gasteiger partial charge in [-0.2, -0.15) is 0 Å². The van der Waals surface area contributed by atoms with Crippen LogP contribution in [0.25, 0.3) is 10.4 Å². The normalized spacial score (nSPS) is 18.7. The molecule has 2 aliphatic heterocycles. The molecule has 1 N–H and O–H groups in total. The van der Waals surface area contributed by atoms with E-state index in [0.717, 1.165) is 37.1 Å². The average Bonchev–Trinajstić information content (AvgIpc) is 3.71. The zero-order valence-corrected chi connectivity index (χ0v) is 21.6. The molecule has 1 atom stereocenters.